The maximum Gasteiger partial charge on any atom is 0.338 e. The average molecular weight is 294 g/mol. The van der Waals surface area contributed by atoms with E-state index in [1.54, 1.807) is 0 Å². The zero-order chi connectivity index (χ0) is 13.5. The van der Waals surface area contributed by atoms with E-state index in [1.165, 1.54) is 0 Å². The molecule has 1 aromatic rings. The number of carboxylic acid groups (broad SMARTS) is 1. The molecule has 1 aliphatic heterocycles. The Labute approximate surface area is 108 Å². The highest BCUT2D eigenvalue weighted by atomic mass is 35.5. The molecule has 0 atom stereocenters. The summed E-state index contributed by atoms with van der Waals surface area (Å²) in [5.41, 5.74) is -0.749. The Morgan fingerprint density at radius 1 is 1.39 bits per heavy atom. The van der Waals surface area contributed by atoms with Crippen molar-refractivity contribution in [3.05, 3.63) is 28.5 Å². The molecule has 18 heavy (non-hydrogen) atoms. The lowest BCUT2D eigenvalue weighted by Crippen LogP contribution is -2.42. The second-order valence-corrected chi connectivity index (χ2v) is 6.17. The summed E-state index contributed by atoms with van der Waals surface area (Å²) in [7, 11) is -4.00. The minimum absolute atomic E-state index is 0.132. The third-order valence-electron chi connectivity index (χ3n) is 2.67. The van der Waals surface area contributed by atoms with Gasteiger partial charge in [0.25, 0.3) is 0 Å². The number of carboxylic acids is 1. The molecule has 0 unspecified atom stereocenters. The minimum atomic E-state index is -4.00. The molecular weight excluding hydrogens is 285 g/mol. The zero-order valence-corrected chi connectivity index (χ0v) is 10.6. The van der Waals surface area contributed by atoms with Gasteiger partial charge < -0.3 is 5.11 Å². The first-order valence-corrected chi connectivity index (χ1v) is 6.88. The molecule has 0 aliphatic carbocycles. The van der Waals surface area contributed by atoms with E-state index in [9.17, 15) is 17.6 Å². The van der Waals surface area contributed by atoms with Gasteiger partial charge in [-0.25, -0.2) is 17.6 Å². The standard InChI is InChI=1S/C10H9ClFNO4S/c11-6-4-7(10(14)15)9(12)8(5-6)18(16,17)13-2-1-3-13/h4-5H,1-3H2,(H,14,15). The van der Waals surface area contributed by atoms with Crippen LogP contribution >= 0.6 is 11.6 Å². The zero-order valence-electron chi connectivity index (χ0n) is 9.06. The van der Waals surface area contributed by atoms with Crippen molar-refractivity contribution >= 4 is 27.6 Å². The van der Waals surface area contributed by atoms with Crippen LogP contribution in [0.15, 0.2) is 17.0 Å². The molecule has 1 heterocycles. The first-order valence-electron chi connectivity index (χ1n) is 5.06. The van der Waals surface area contributed by atoms with E-state index in [0.717, 1.165) is 16.4 Å². The minimum Gasteiger partial charge on any atom is -0.478 e. The first-order chi connectivity index (χ1) is 8.34. The third kappa shape index (κ3) is 2.09. The van der Waals surface area contributed by atoms with Crippen LogP contribution < -0.4 is 0 Å². The smallest absolute Gasteiger partial charge is 0.338 e. The Morgan fingerprint density at radius 2 is 2.00 bits per heavy atom. The summed E-state index contributed by atoms with van der Waals surface area (Å²) in [5, 5.41) is 8.65. The highest BCUT2D eigenvalue weighted by Gasteiger charge is 2.33. The van der Waals surface area contributed by atoms with Gasteiger partial charge in [0.1, 0.15) is 4.90 Å². The molecule has 1 aliphatic rings. The summed E-state index contributed by atoms with van der Waals surface area (Å²) in [6, 6.07) is 1.81. The van der Waals surface area contributed by atoms with Gasteiger partial charge in [0.2, 0.25) is 10.0 Å². The predicted octanol–water partition coefficient (Wildman–Crippen LogP) is 1.57. The van der Waals surface area contributed by atoms with Crippen LogP contribution in [0.5, 0.6) is 0 Å². The van der Waals surface area contributed by atoms with E-state index >= 15 is 0 Å². The van der Waals surface area contributed by atoms with Crippen molar-refractivity contribution in [2.45, 2.75) is 11.3 Å². The van der Waals surface area contributed by atoms with Gasteiger partial charge in [0, 0.05) is 18.1 Å². The van der Waals surface area contributed by atoms with Gasteiger partial charge in [-0.05, 0) is 18.6 Å². The third-order valence-corrected chi connectivity index (χ3v) is 4.78. The molecule has 8 heteroatoms. The van der Waals surface area contributed by atoms with E-state index in [0.29, 0.717) is 19.5 Å². The van der Waals surface area contributed by atoms with Crippen LogP contribution in [0, 0.1) is 5.82 Å². The maximum atomic E-state index is 13.9. The van der Waals surface area contributed by atoms with Crippen molar-refractivity contribution in [2.24, 2.45) is 0 Å². The molecule has 0 bridgehead atoms. The van der Waals surface area contributed by atoms with Crippen molar-refractivity contribution in [1.82, 2.24) is 4.31 Å². The summed E-state index contributed by atoms with van der Waals surface area (Å²) in [6.07, 6.45) is 0.702. The molecule has 5 nitrogen and oxygen atoms in total. The van der Waals surface area contributed by atoms with E-state index < -0.39 is 32.3 Å². The second kappa shape index (κ2) is 4.49. The van der Waals surface area contributed by atoms with Crippen LogP contribution in [0.2, 0.25) is 5.02 Å². The Kier molecular flexibility index (Phi) is 3.31. The number of nitrogens with zero attached hydrogens (tertiary/aromatic N) is 1. The fourth-order valence-corrected chi connectivity index (χ4v) is 3.49. The number of hydrogen-bond acceptors (Lipinski definition) is 3. The van der Waals surface area contributed by atoms with Crippen molar-refractivity contribution in [3.63, 3.8) is 0 Å². The first kappa shape index (κ1) is 13.3. The number of sulfonamides is 1. The molecule has 0 saturated carbocycles. The van der Waals surface area contributed by atoms with Crippen LogP contribution in [-0.4, -0.2) is 36.9 Å². The Bertz CT molecular complexity index is 613. The van der Waals surface area contributed by atoms with Crippen molar-refractivity contribution in [1.29, 1.82) is 0 Å². The van der Waals surface area contributed by atoms with Crippen molar-refractivity contribution < 1.29 is 22.7 Å². The van der Waals surface area contributed by atoms with Gasteiger partial charge in [0.15, 0.2) is 5.82 Å². The lowest BCUT2D eigenvalue weighted by atomic mass is 10.2. The Morgan fingerprint density at radius 3 is 2.44 bits per heavy atom. The maximum absolute atomic E-state index is 13.9. The summed E-state index contributed by atoms with van der Waals surface area (Å²) in [4.78, 5) is 10.1. The SMILES string of the molecule is O=C(O)c1cc(Cl)cc(S(=O)(=O)N2CCC2)c1F. The van der Waals surface area contributed by atoms with E-state index in [-0.39, 0.29) is 5.02 Å². The van der Waals surface area contributed by atoms with E-state index in [1.807, 2.05) is 0 Å². The monoisotopic (exact) mass is 293 g/mol. The average Bonchev–Trinajstić information content (AvgIpc) is 2.17. The number of carbonyl (C=O) groups is 1. The van der Waals surface area contributed by atoms with Crippen molar-refractivity contribution in [3.8, 4) is 0 Å². The molecule has 98 valence electrons. The Balaban J connectivity index is 2.61. The molecular formula is C10H9ClFNO4S. The van der Waals surface area contributed by atoms with E-state index in [2.05, 4.69) is 0 Å². The number of rotatable bonds is 3. The molecule has 1 N–H and O–H groups in total. The largest absolute Gasteiger partial charge is 0.478 e. The van der Waals surface area contributed by atoms with Gasteiger partial charge in [-0.15, -0.1) is 0 Å². The topological polar surface area (TPSA) is 74.7 Å². The summed E-state index contributed by atoms with van der Waals surface area (Å²) < 4.78 is 38.9. The fourth-order valence-electron chi connectivity index (χ4n) is 1.57. The van der Waals surface area contributed by atoms with Crippen LogP contribution in [0.4, 0.5) is 4.39 Å². The lowest BCUT2D eigenvalue weighted by Gasteiger charge is -2.29. The van der Waals surface area contributed by atoms with Gasteiger partial charge >= 0.3 is 5.97 Å². The lowest BCUT2D eigenvalue weighted by molar-refractivity contribution is 0.0691. The predicted molar refractivity (Wildman–Crippen MR) is 61.7 cm³/mol. The Hall–Kier alpha value is -1.18. The number of hydrogen-bond donors (Lipinski definition) is 1. The number of benzene rings is 1. The number of halogens is 2. The molecule has 1 saturated heterocycles. The summed E-state index contributed by atoms with van der Waals surface area (Å²) >= 11 is 5.63. The summed E-state index contributed by atoms with van der Waals surface area (Å²) in [6.45, 7) is 0.605. The van der Waals surface area contributed by atoms with Crippen LogP contribution in [0.3, 0.4) is 0 Å². The van der Waals surface area contributed by atoms with E-state index in [4.69, 9.17) is 16.7 Å². The summed E-state index contributed by atoms with van der Waals surface area (Å²) in [5.74, 6) is -2.84. The molecule has 0 spiro atoms. The van der Waals surface area contributed by atoms with Gasteiger partial charge in [-0.3, -0.25) is 0 Å². The van der Waals surface area contributed by atoms with Crippen molar-refractivity contribution in [2.75, 3.05) is 13.1 Å². The quantitative estimate of drug-likeness (QED) is 0.918. The molecule has 0 aromatic heterocycles. The molecule has 1 fully saturated rings. The highest BCUT2D eigenvalue weighted by molar-refractivity contribution is 7.89. The molecule has 0 amide bonds. The van der Waals surface area contributed by atoms with Gasteiger partial charge in [0.05, 0.1) is 5.56 Å². The van der Waals surface area contributed by atoms with Crippen LogP contribution in [0.1, 0.15) is 16.8 Å². The van der Waals surface area contributed by atoms with Crippen LogP contribution in [0.25, 0.3) is 0 Å². The fraction of sp³-hybridized carbons (Fsp3) is 0.300. The second-order valence-electron chi connectivity index (χ2n) is 3.83. The normalized spacial score (nSPS) is 16.3. The molecule has 0 radical (unpaired) electrons. The number of aromatic carboxylic acids is 1. The molecule has 1 aromatic carbocycles. The molecule has 2 rings (SSSR count). The highest BCUT2D eigenvalue weighted by Crippen LogP contribution is 2.28. The van der Waals surface area contributed by atoms with Gasteiger partial charge in [-0.2, -0.15) is 4.31 Å². The van der Waals surface area contributed by atoms with Gasteiger partial charge in [-0.1, -0.05) is 11.6 Å². The van der Waals surface area contributed by atoms with Crippen LogP contribution in [-0.2, 0) is 10.0 Å².